The van der Waals surface area contributed by atoms with Crippen molar-refractivity contribution in [2.24, 2.45) is 0 Å². The normalized spacial score (nSPS) is 11.8. The van der Waals surface area contributed by atoms with E-state index in [4.69, 9.17) is 0 Å². The Bertz CT molecular complexity index is 1500. The maximum absolute atomic E-state index is 14.2. The first-order valence-electron chi connectivity index (χ1n) is 10.0. The molecule has 0 radical (unpaired) electrons. The van der Waals surface area contributed by atoms with Crippen molar-refractivity contribution in [2.75, 3.05) is 0 Å². The number of benzene rings is 3. The molecule has 5 aromatic rings. The van der Waals surface area contributed by atoms with Crippen LogP contribution in [0.1, 0.15) is 22.5 Å². The molecule has 4 nitrogen and oxygen atoms in total. The van der Waals surface area contributed by atoms with Crippen LogP contribution >= 0.6 is 0 Å². The van der Waals surface area contributed by atoms with Crippen LogP contribution in [0.5, 0.6) is 0 Å². The van der Waals surface area contributed by atoms with Gasteiger partial charge >= 0.3 is 0 Å². The van der Waals surface area contributed by atoms with Crippen LogP contribution in [0, 0.1) is 24.1 Å². The van der Waals surface area contributed by atoms with Crippen LogP contribution in [-0.4, -0.2) is 14.5 Å². The van der Waals surface area contributed by atoms with Gasteiger partial charge in [-0.2, -0.15) is 5.26 Å². The Labute approximate surface area is 178 Å². The summed E-state index contributed by atoms with van der Waals surface area (Å²) in [6.07, 6.45) is 3.80. The lowest BCUT2D eigenvalue weighted by molar-refractivity contribution is 0.602. The number of imidazole rings is 1. The summed E-state index contributed by atoms with van der Waals surface area (Å²) in [5.74, 6) is 0.307. The number of H-pyrrole nitrogens is 1. The topological polar surface area (TPSA) is 57.4 Å². The average molecular weight is 406 g/mol. The number of aromatic amines is 1. The molecule has 0 fully saturated rings. The number of nitrogens with one attached hydrogen (secondary N) is 1. The van der Waals surface area contributed by atoms with Crippen molar-refractivity contribution in [3.63, 3.8) is 0 Å². The van der Waals surface area contributed by atoms with Crippen molar-refractivity contribution in [1.82, 2.24) is 14.5 Å². The summed E-state index contributed by atoms with van der Waals surface area (Å²) in [5, 5.41) is 10.8. The van der Waals surface area contributed by atoms with Crippen molar-refractivity contribution in [3.8, 4) is 6.07 Å². The van der Waals surface area contributed by atoms with Gasteiger partial charge in [-0.25, -0.2) is 9.37 Å². The summed E-state index contributed by atoms with van der Waals surface area (Å²) in [5.41, 5.74) is 5.78. The lowest BCUT2D eigenvalue weighted by atomic mass is 10.1. The second-order valence-corrected chi connectivity index (χ2v) is 7.60. The van der Waals surface area contributed by atoms with Gasteiger partial charge in [0, 0.05) is 28.2 Å². The number of hydrogen-bond acceptors (Lipinski definition) is 2. The lowest BCUT2D eigenvalue weighted by Crippen LogP contribution is -2.00. The number of halogens is 1. The van der Waals surface area contributed by atoms with Crippen molar-refractivity contribution in [2.45, 2.75) is 13.5 Å². The van der Waals surface area contributed by atoms with E-state index in [0.29, 0.717) is 23.5 Å². The third-order valence-electron chi connectivity index (χ3n) is 5.43. The Balaban J connectivity index is 1.61. The highest BCUT2D eigenvalue weighted by molar-refractivity contribution is 5.98. The molecule has 0 aliphatic carbocycles. The van der Waals surface area contributed by atoms with Gasteiger partial charge in [-0.05, 0) is 42.8 Å². The van der Waals surface area contributed by atoms with Crippen molar-refractivity contribution < 1.29 is 4.39 Å². The summed E-state index contributed by atoms with van der Waals surface area (Å²) in [6.45, 7) is 2.43. The van der Waals surface area contributed by atoms with E-state index in [1.165, 1.54) is 6.07 Å². The van der Waals surface area contributed by atoms with Crippen LogP contribution in [0.25, 0.3) is 33.6 Å². The highest BCUT2D eigenvalue weighted by Crippen LogP contribution is 2.27. The van der Waals surface area contributed by atoms with E-state index in [0.717, 1.165) is 33.1 Å². The second kappa shape index (κ2) is 7.58. The average Bonchev–Trinajstić information content (AvgIpc) is 3.35. The number of aryl methyl sites for hydroxylation is 1. The Hall–Kier alpha value is -4.17. The number of nitriles is 1. The van der Waals surface area contributed by atoms with Gasteiger partial charge in [-0.15, -0.1) is 0 Å². The van der Waals surface area contributed by atoms with Gasteiger partial charge in [0.1, 0.15) is 17.7 Å². The molecule has 0 saturated carbocycles. The van der Waals surface area contributed by atoms with Gasteiger partial charge in [0.15, 0.2) is 0 Å². The fourth-order valence-electron chi connectivity index (χ4n) is 3.89. The van der Waals surface area contributed by atoms with Crippen LogP contribution in [0.3, 0.4) is 0 Å². The van der Waals surface area contributed by atoms with Crippen LogP contribution in [0.2, 0.25) is 0 Å². The maximum atomic E-state index is 14.2. The molecule has 5 heteroatoms. The maximum Gasteiger partial charge on any atom is 0.149 e. The molecule has 1 N–H and O–H groups in total. The minimum Gasteiger partial charge on any atom is -0.342 e. The fourth-order valence-corrected chi connectivity index (χ4v) is 3.89. The molecule has 0 saturated heterocycles. The predicted octanol–water partition coefficient (Wildman–Crippen LogP) is 6.08. The van der Waals surface area contributed by atoms with E-state index in [-0.39, 0.29) is 5.82 Å². The monoisotopic (exact) mass is 406 g/mol. The first-order valence-corrected chi connectivity index (χ1v) is 10.0. The SMILES string of the molecule is Cc1ccc2nc(/C(C#N)=C/c3cn(Cc4ccccc4F)c4ccccc34)[nH]c2c1. The number of hydrogen-bond donors (Lipinski definition) is 1. The molecule has 31 heavy (non-hydrogen) atoms. The molecule has 0 bridgehead atoms. The van der Waals surface area contributed by atoms with Crippen molar-refractivity contribution in [1.29, 1.82) is 5.26 Å². The Morgan fingerprint density at radius 1 is 1.13 bits per heavy atom. The minimum atomic E-state index is -0.229. The first-order chi connectivity index (χ1) is 15.1. The van der Waals surface area contributed by atoms with Gasteiger partial charge in [0.2, 0.25) is 0 Å². The van der Waals surface area contributed by atoms with Crippen molar-refractivity contribution in [3.05, 3.63) is 101 Å². The standard InChI is InChI=1S/C26H19FN4/c1-17-10-11-23-24(12-17)30-26(29-23)19(14-28)13-20-16-31(25-9-5-3-7-21(20)25)15-18-6-2-4-8-22(18)27/h2-13,16H,15H2,1H3,(H,29,30)/b19-13+. The van der Waals surface area contributed by atoms with Gasteiger partial charge in [0.25, 0.3) is 0 Å². The molecule has 0 aliphatic heterocycles. The molecular formula is C26H19FN4. The molecule has 0 unspecified atom stereocenters. The van der Waals surface area contributed by atoms with Gasteiger partial charge in [0.05, 0.1) is 23.2 Å². The number of fused-ring (bicyclic) bond motifs is 2. The van der Waals surface area contributed by atoms with Gasteiger partial charge < -0.3 is 9.55 Å². The largest absolute Gasteiger partial charge is 0.342 e. The van der Waals surface area contributed by atoms with E-state index >= 15 is 0 Å². The lowest BCUT2D eigenvalue weighted by Gasteiger charge is -2.06. The van der Waals surface area contributed by atoms with Crippen LogP contribution < -0.4 is 0 Å². The first kappa shape index (κ1) is 18.8. The van der Waals surface area contributed by atoms with E-state index in [1.807, 2.05) is 72.3 Å². The number of allylic oxidation sites excluding steroid dienone is 1. The zero-order valence-corrected chi connectivity index (χ0v) is 16.9. The summed E-state index contributed by atoms with van der Waals surface area (Å²) in [6, 6.07) is 22.9. The third kappa shape index (κ3) is 3.49. The van der Waals surface area contributed by atoms with Crippen molar-refractivity contribution >= 4 is 33.6 Å². The fraction of sp³-hybridized carbons (Fsp3) is 0.0769. The molecule has 0 amide bonds. The smallest absolute Gasteiger partial charge is 0.149 e. The van der Waals surface area contributed by atoms with Crippen LogP contribution in [-0.2, 0) is 6.54 Å². The minimum absolute atomic E-state index is 0.229. The van der Waals surface area contributed by atoms with Crippen LogP contribution in [0.15, 0.2) is 72.9 Å². The summed E-state index contributed by atoms with van der Waals surface area (Å²) < 4.78 is 16.2. The van der Waals surface area contributed by atoms with E-state index < -0.39 is 0 Å². The van der Waals surface area contributed by atoms with Gasteiger partial charge in [-0.3, -0.25) is 0 Å². The van der Waals surface area contributed by atoms with E-state index in [9.17, 15) is 9.65 Å². The quantitative estimate of drug-likeness (QED) is 0.368. The molecule has 0 aliphatic rings. The van der Waals surface area contributed by atoms with Gasteiger partial charge in [-0.1, -0.05) is 42.5 Å². The molecule has 5 rings (SSSR count). The molecule has 2 aromatic heterocycles. The van der Waals surface area contributed by atoms with Crippen LogP contribution in [0.4, 0.5) is 4.39 Å². The summed E-state index contributed by atoms with van der Waals surface area (Å²) in [4.78, 5) is 7.84. The molecular weight excluding hydrogens is 387 g/mol. The highest BCUT2D eigenvalue weighted by atomic mass is 19.1. The van der Waals surface area contributed by atoms with E-state index in [1.54, 1.807) is 12.1 Å². The number of para-hydroxylation sites is 1. The zero-order chi connectivity index (χ0) is 21.4. The zero-order valence-electron chi connectivity index (χ0n) is 16.9. The molecule has 0 spiro atoms. The second-order valence-electron chi connectivity index (χ2n) is 7.60. The summed E-state index contributed by atoms with van der Waals surface area (Å²) >= 11 is 0. The predicted molar refractivity (Wildman–Crippen MR) is 122 cm³/mol. The number of rotatable bonds is 4. The number of nitrogens with zero attached hydrogens (tertiary/aromatic N) is 3. The Morgan fingerprint density at radius 3 is 2.77 bits per heavy atom. The molecule has 0 atom stereocenters. The summed E-state index contributed by atoms with van der Waals surface area (Å²) in [7, 11) is 0. The van der Waals surface area contributed by atoms with E-state index in [2.05, 4.69) is 16.0 Å². The third-order valence-corrected chi connectivity index (χ3v) is 5.43. The molecule has 2 heterocycles. The molecule has 3 aromatic carbocycles. The Morgan fingerprint density at radius 2 is 1.94 bits per heavy atom. The molecule has 150 valence electrons. The number of aromatic nitrogens is 3. The Kier molecular flexibility index (Phi) is 4.61. The highest BCUT2D eigenvalue weighted by Gasteiger charge is 2.12.